The molecule has 3 N–H and O–H groups in total. The molecular weight excluding hydrogens is 354 g/mol. The van der Waals surface area contributed by atoms with Crippen LogP contribution in [0.25, 0.3) is 0 Å². The smallest absolute Gasteiger partial charge is 0.162 e. The molecule has 1 aromatic carbocycles. The predicted octanol–water partition coefficient (Wildman–Crippen LogP) is 2.42. The van der Waals surface area contributed by atoms with E-state index in [-0.39, 0.29) is 23.1 Å². The fourth-order valence-corrected chi connectivity index (χ4v) is 5.46. The number of methoxy groups -OCH3 is 2. The number of nitrogens with two attached hydrogens (primary N) is 1. The normalized spacial score (nSPS) is 31.8. The van der Waals surface area contributed by atoms with Gasteiger partial charge in [0.25, 0.3) is 0 Å². The number of aromatic hydroxyl groups is 1. The number of rotatable bonds is 2. The van der Waals surface area contributed by atoms with Gasteiger partial charge in [-0.25, -0.2) is 0 Å². The molecule has 1 aromatic rings. The highest BCUT2D eigenvalue weighted by Gasteiger charge is 2.56. The zero-order valence-corrected chi connectivity index (χ0v) is 16.0. The van der Waals surface area contributed by atoms with Crippen LogP contribution in [0.15, 0.2) is 23.0 Å². The molecule has 1 fully saturated rings. The van der Waals surface area contributed by atoms with Gasteiger partial charge in [0.15, 0.2) is 11.5 Å². The molecule has 1 aliphatic heterocycles. The van der Waals surface area contributed by atoms with Crippen LogP contribution in [0.4, 0.5) is 0 Å². The summed E-state index contributed by atoms with van der Waals surface area (Å²) in [5.41, 5.74) is 2.30. The summed E-state index contributed by atoms with van der Waals surface area (Å²) in [5.74, 6) is 7.18. The van der Waals surface area contributed by atoms with E-state index >= 15 is 0 Å². The number of hydrogen-bond donors (Lipinski definition) is 2. The standard InChI is InChI=1S/C19H24ClN3O3/c1-23-5-4-19-9-13(22-21)15(25-2)7-11(19)14(23)6-10-12(20)8-16(26-3)18(24)17(10)19/h7-8,11,14,24H,4-6,9,21H2,1-3H3/t11-,14+,19-/m0/s1. The Balaban J connectivity index is 2.02. The first-order valence-electron chi connectivity index (χ1n) is 8.78. The summed E-state index contributed by atoms with van der Waals surface area (Å²) in [6.07, 6.45) is 4.39. The van der Waals surface area contributed by atoms with Crippen molar-refractivity contribution in [2.45, 2.75) is 30.7 Å². The second-order valence-electron chi connectivity index (χ2n) is 7.43. The lowest BCUT2D eigenvalue weighted by Crippen LogP contribution is -2.60. The van der Waals surface area contributed by atoms with Crippen LogP contribution in [0.5, 0.6) is 11.5 Å². The number of fused-ring (bicyclic) bond motifs is 1. The fraction of sp³-hybridized carbons (Fsp3) is 0.526. The first-order valence-corrected chi connectivity index (χ1v) is 9.16. The van der Waals surface area contributed by atoms with E-state index in [9.17, 15) is 5.11 Å². The molecule has 26 heavy (non-hydrogen) atoms. The van der Waals surface area contributed by atoms with Crippen molar-refractivity contribution < 1.29 is 14.6 Å². The van der Waals surface area contributed by atoms with Gasteiger partial charge in [-0.1, -0.05) is 11.6 Å². The van der Waals surface area contributed by atoms with Crippen molar-refractivity contribution in [2.24, 2.45) is 16.9 Å². The summed E-state index contributed by atoms with van der Waals surface area (Å²) < 4.78 is 10.9. The molecule has 6 nitrogen and oxygen atoms in total. The van der Waals surface area contributed by atoms with E-state index in [2.05, 4.69) is 23.1 Å². The van der Waals surface area contributed by atoms with Crippen molar-refractivity contribution in [2.75, 3.05) is 27.8 Å². The third kappa shape index (κ3) is 2.18. The van der Waals surface area contributed by atoms with E-state index in [0.717, 1.165) is 42.0 Å². The van der Waals surface area contributed by atoms with Gasteiger partial charge in [0.1, 0.15) is 11.5 Å². The van der Waals surface area contributed by atoms with E-state index in [4.69, 9.17) is 26.9 Å². The molecule has 7 heteroatoms. The topological polar surface area (TPSA) is 80.3 Å². The first-order chi connectivity index (χ1) is 12.5. The lowest BCUT2D eigenvalue weighted by molar-refractivity contribution is 0.0526. The maximum absolute atomic E-state index is 11.0. The van der Waals surface area contributed by atoms with Crippen LogP contribution in [0, 0.1) is 5.92 Å². The zero-order chi connectivity index (χ0) is 18.6. The highest BCUT2D eigenvalue weighted by molar-refractivity contribution is 6.31. The predicted molar refractivity (Wildman–Crippen MR) is 101 cm³/mol. The minimum atomic E-state index is -0.312. The number of hydrogen-bond acceptors (Lipinski definition) is 6. The van der Waals surface area contributed by atoms with Gasteiger partial charge < -0.3 is 25.3 Å². The molecule has 0 amide bonds. The second kappa shape index (κ2) is 6.06. The van der Waals surface area contributed by atoms with Crippen molar-refractivity contribution in [1.29, 1.82) is 0 Å². The molecule has 3 atom stereocenters. The number of nitrogens with zero attached hydrogens (tertiary/aromatic N) is 2. The number of halogens is 1. The maximum atomic E-state index is 11.0. The molecule has 0 unspecified atom stereocenters. The van der Waals surface area contributed by atoms with Crippen molar-refractivity contribution in [3.63, 3.8) is 0 Å². The van der Waals surface area contributed by atoms with Crippen molar-refractivity contribution in [3.8, 4) is 11.5 Å². The van der Waals surface area contributed by atoms with Crippen LogP contribution in [-0.4, -0.2) is 49.6 Å². The molecule has 2 aliphatic carbocycles. The molecule has 1 saturated heterocycles. The van der Waals surface area contributed by atoms with Crippen LogP contribution >= 0.6 is 11.6 Å². The minimum absolute atomic E-state index is 0.184. The van der Waals surface area contributed by atoms with Crippen LogP contribution in [-0.2, 0) is 16.6 Å². The number of benzene rings is 1. The molecule has 0 saturated carbocycles. The number of likely N-dealkylation sites (tertiary alicyclic amines) is 1. The Morgan fingerprint density at radius 3 is 2.81 bits per heavy atom. The third-order valence-corrected chi connectivity index (χ3v) is 6.79. The van der Waals surface area contributed by atoms with E-state index in [1.165, 1.54) is 0 Å². The number of allylic oxidation sites excluding steroid dienone is 1. The molecule has 140 valence electrons. The zero-order valence-electron chi connectivity index (χ0n) is 15.3. The number of ether oxygens (including phenoxy) is 2. The highest BCUT2D eigenvalue weighted by Crippen LogP contribution is 2.59. The Hall–Kier alpha value is -1.92. The molecule has 0 aromatic heterocycles. The maximum Gasteiger partial charge on any atom is 0.162 e. The Bertz CT molecular complexity index is 823. The van der Waals surface area contributed by atoms with Gasteiger partial charge in [-0.2, -0.15) is 5.10 Å². The van der Waals surface area contributed by atoms with Gasteiger partial charge in [0.05, 0.1) is 14.2 Å². The highest BCUT2D eigenvalue weighted by atomic mass is 35.5. The van der Waals surface area contributed by atoms with Gasteiger partial charge in [0.2, 0.25) is 0 Å². The number of phenolic OH excluding ortho intramolecular Hbond substituents is 1. The lowest BCUT2D eigenvalue weighted by Gasteiger charge is -2.57. The minimum Gasteiger partial charge on any atom is -0.504 e. The lowest BCUT2D eigenvalue weighted by atomic mass is 9.53. The number of piperidine rings is 1. The molecule has 0 radical (unpaired) electrons. The summed E-state index contributed by atoms with van der Waals surface area (Å²) in [6.45, 7) is 0.933. The number of hydrazone groups is 1. The summed E-state index contributed by atoms with van der Waals surface area (Å²) >= 11 is 6.61. The van der Waals surface area contributed by atoms with Crippen molar-refractivity contribution in [1.82, 2.24) is 4.90 Å². The Morgan fingerprint density at radius 1 is 1.38 bits per heavy atom. The van der Waals surface area contributed by atoms with Crippen molar-refractivity contribution >= 4 is 17.3 Å². The van der Waals surface area contributed by atoms with Gasteiger partial charge in [-0.3, -0.25) is 0 Å². The summed E-state index contributed by atoms with van der Waals surface area (Å²) in [7, 11) is 5.33. The monoisotopic (exact) mass is 377 g/mol. The van der Waals surface area contributed by atoms with Crippen LogP contribution in [0.1, 0.15) is 24.0 Å². The third-order valence-electron chi connectivity index (χ3n) is 6.45. The van der Waals surface area contributed by atoms with E-state index in [1.807, 2.05) is 0 Å². The Morgan fingerprint density at radius 2 is 2.15 bits per heavy atom. The fourth-order valence-electron chi connectivity index (χ4n) is 5.19. The summed E-state index contributed by atoms with van der Waals surface area (Å²) in [5, 5.41) is 15.7. The van der Waals surface area contributed by atoms with E-state index < -0.39 is 0 Å². The van der Waals surface area contributed by atoms with E-state index in [0.29, 0.717) is 17.2 Å². The van der Waals surface area contributed by atoms with Crippen LogP contribution in [0.3, 0.4) is 0 Å². The average molecular weight is 378 g/mol. The average Bonchev–Trinajstić information content (AvgIpc) is 2.65. The van der Waals surface area contributed by atoms with Crippen LogP contribution < -0.4 is 10.6 Å². The molecule has 1 heterocycles. The van der Waals surface area contributed by atoms with Gasteiger partial charge >= 0.3 is 0 Å². The van der Waals surface area contributed by atoms with Crippen LogP contribution in [0.2, 0.25) is 5.02 Å². The SMILES string of the molecule is COC1=C[C@H]2[C@H]3Cc4c(Cl)cc(OC)c(O)c4[C@@]2(CCN3C)CC1=NN. The first kappa shape index (κ1) is 17.5. The van der Waals surface area contributed by atoms with Crippen molar-refractivity contribution in [3.05, 3.63) is 34.1 Å². The Labute approximate surface area is 158 Å². The second-order valence-corrected chi connectivity index (χ2v) is 7.84. The molecule has 4 rings (SSSR count). The quantitative estimate of drug-likeness (QED) is 0.611. The number of likely N-dealkylation sites (N-methyl/N-ethyl adjacent to an activating group) is 1. The molecule has 3 aliphatic rings. The molecule has 0 spiro atoms. The summed E-state index contributed by atoms with van der Waals surface area (Å²) in [6, 6.07) is 1.99. The van der Waals surface area contributed by atoms with Gasteiger partial charge in [-0.05, 0) is 38.1 Å². The van der Waals surface area contributed by atoms with Gasteiger partial charge in [-0.15, -0.1) is 0 Å². The summed E-state index contributed by atoms with van der Waals surface area (Å²) in [4.78, 5) is 2.37. The number of phenols is 1. The molecular formula is C19H24ClN3O3. The van der Waals surface area contributed by atoms with Gasteiger partial charge in [0, 0.05) is 40.4 Å². The molecule has 2 bridgehead atoms. The largest absolute Gasteiger partial charge is 0.504 e. The van der Waals surface area contributed by atoms with E-state index in [1.54, 1.807) is 20.3 Å². The Kier molecular flexibility index (Phi) is 4.08.